The van der Waals surface area contributed by atoms with Crippen LogP contribution in [0.4, 0.5) is 0 Å². The maximum Gasteiger partial charge on any atom is 0.490 e. The second kappa shape index (κ2) is 4.61. The van der Waals surface area contributed by atoms with Crippen LogP contribution in [0.1, 0.15) is 54.9 Å². The molecule has 0 radical (unpaired) electrons. The van der Waals surface area contributed by atoms with Gasteiger partial charge in [-0.15, -0.1) is 0 Å². The molecule has 1 fully saturated rings. The Bertz CT molecular complexity index is 366. The molecule has 3 nitrogen and oxygen atoms in total. The molecule has 108 valence electrons. The number of hydrogen-bond acceptors (Lipinski definition) is 3. The van der Waals surface area contributed by atoms with Gasteiger partial charge in [0.15, 0.2) is 0 Å². The van der Waals surface area contributed by atoms with Crippen LogP contribution in [0.3, 0.4) is 0 Å². The lowest BCUT2D eigenvalue weighted by molar-refractivity contribution is 0.00578. The van der Waals surface area contributed by atoms with Crippen LogP contribution in [0.25, 0.3) is 0 Å². The molecule has 1 saturated heterocycles. The van der Waals surface area contributed by atoms with E-state index in [9.17, 15) is 0 Å². The van der Waals surface area contributed by atoms with E-state index in [1.807, 2.05) is 0 Å². The minimum atomic E-state index is -0.236. The largest absolute Gasteiger partial charge is 0.490 e. The molecule has 4 heteroatoms. The molecule has 0 unspecified atom stereocenters. The molecule has 0 aromatic rings. The molecule has 0 N–H and O–H groups in total. The van der Waals surface area contributed by atoms with Gasteiger partial charge in [-0.1, -0.05) is 6.08 Å². The van der Waals surface area contributed by atoms with Crippen LogP contribution < -0.4 is 0 Å². The van der Waals surface area contributed by atoms with Gasteiger partial charge in [0.1, 0.15) is 0 Å². The van der Waals surface area contributed by atoms with E-state index < -0.39 is 0 Å². The lowest BCUT2D eigenvalue weighted by Crippen LogP contribution is -2.45. The SMILES string of the molecule is CC(C)(C)N1CC=C(B2OC(C)(C)C(C)(C)O2)CC1. The molecule has 0 aromatic carbocycles. The van der Waals surface area contributed by atoms with Crippen LogP contribution in [-0.4, -0.2) is 41.8 Å². The van der Waals surface area contributed by atoms with Crippen molar-refractivity contribution < 1.29 is 9.31 Å². The van der Waals surface area contributed by atoms with E-state index in [2.05, 4.69) is 59.4 Å². The highest BCUT2D eigenvalue weighted by Crippen LogP contribution is 2.39. The minimum Gasteiger partial charge on any atom is -0.400 e. The molecule has 0 aliphatic carbocycles. The summed E-state index contributed by atoms with van der Waals surface area (Å²) in [6.45, 7) is 17.3. The second-order valence-corrected chi connectivity index (χ2v) is 7.73. The first kappa shape index (κ1) is 15.1. The van der Waals surface area contributed by atoms with Crippen LogP contribution >= 0.6 is 0 Å². The molecule has 0 amide bonds. The predicted molar refractivity (Wildman–Crippen MR) is 80.1 cm³/mol. The maximum atomic E-state index is 6.12. The Labute approximate surface area is 118 Å². The highest BCUT2D eigenvalue weighted by atomic mass is 16.7. The van der Waals surface area contributed by atoms with Crippen molar-refractivity contribution in [3.8, 4) is 0 Å². The lowest BCUT2D eigenvalue weighted by Gasteiger charge is -2.37. The molecule has 0 spiro atoms. The molecular formula is C15H28BNO2. The van der Waals surface area contributed by atoms with Crippen LogP contribution in [0.2, 0.25) is 0 Å². The van der Waals surface area contributed by atoms with Crippen molar-refractivity contribution in [2.75, 3.05) is 13.1 Å². The Balaban J connectivity index is 2.05. The fourth-order valence-electron chi connectivity index (χ4n) is 2.50. The summed E-state index contributed by atoms with van der Waals surface area (Å²) in [6.07, 6.45) is 3.32. The van der Waals surface area contributed by atoms with E-state index >= 15 is 0 Å². The Kier molecular flexibility index (Phi) is 3.66. The monoisotopic (exact) mass is 265 g/mol. The van der Waals surface area contributed by atoms with E-state index in [4.69, 9.17) is 9.31 Å². The minimum absolute atomic E-state index is 0.160. The molecule has 0 atom stereocenters. The Hall–Kier alpha value is -0.315. The van der Waals surface area contributed by atoms with Gasteiger partial charge >= 0.3 is 7.12 Å². The van der Waals surface area contributed by atoms with Gasteiger partial charge in [0.25, 0.3) is 0 Å². The molecule has 2 aliphatic heterocycles. The van der Waals surface area contributed by atoms with Crippen molar-refractivity contribution in [2.45, 2.75) is 71.6 Å². The van der Waals surface area contributed by atoms with Crippen molar-refractivity contribution in [2.24, 2.45) is 0 Å². The van der Waals surface area contributed by atoms with Gasteiger partial charge in [-0.25, -0.2) is 0 Å². The molecule has 2 rings (SSSR count). The maximum absolute atomic E-state index is 6.12. The molecule has 0 bridgehead atoms. The average molecular weight is 265 g/mol. The predicted octanol–water partition coefficient (Wildman–Crippen LogP) is 3.05. The van der Waals surface area contributed by atoms with Crippen molar-refractivity contribution >= 4 is 7.12 Å². The smallest absolute Gasteiger partial charge is 0.400 e. The third-order valence-electron chi connectivity index (χ3n) is 4.75. The highest BCUT2D eigenvalue weighted by molar-refractivity contribution is 6.54. The van der Waals surface area contributed by atoms with Crippen LogP contribution in [0.5, 0.6) is 0 Å². The van der Waals surface area contributed by atoms with Gasteiger partial charge in [0.05, 0.1) is 11.2 Å². The number of nitrogens with zero attached hydrogens (tertiary/aromatic N) is 1. The summed E-state index contributed by atoms with van der Waals surface area (Å²) in [5, 5.41) is 0. The van der Waals surface area contributed by atoms with Gasteiger partial charge in [-0.2, -0.15) is 0 Å². The first-order chi connectivity index (χ1) is 8.53. The summed E-state index contributed by atoms with van der Waals surface area (Å²) in [5.41, 5.74) is 1.07. The average Bonchev–Trinajstić information content (AvgIpc) is 2.47. The quantitative estimate of drug-likeness (QED) is 0.680. The normalized spacial score (nSPS) is 27.5. The zero-order valence-electron chi connectivity index (χ0n) is 13.5. The summed E-state index contributed by atoms with van der Waals surface area (Å²) < 4.78 is 12.2. The van der Waals surface area contributed by atoms with Crippen molar-refractivity contribution in [1.29, 1.82) is 0 Å². The summed E-state index contributed by atoms with van der Waals surface area (Å²) in [7, 11) is -0.160. The molecule has 0 saturated carbocycles. The van der Waals surface area contributed by atoms with Crippen molar-refractivity contribution in [3.63, 3.8) is 0 Å². The summed E-state index contributed by atoms with van der Waals surface area (Å²) in [5.74, 6) is 0. The number of rotatable bonds is 1. The van der Waals surface area contributed by atoms with Crippen LogP contribution in [-0.2, 0) is 9.31 Å². The standard InChI is InChI=1S/C15H28BNO2/c1-13(2,3)17-10-8-12(9-11-17)16-18-14(4,5)15(6,7)19-16/h8H,9-11H2,1-7H3. The molecule has 0 aromatic heterocycles. The lowest BCUT2D eigenvalue weighted by atomic mass is 9.74. The van der Waals surface area contributed by atoms with Gasteiger partial charge in [-0.05, 0) is 60.4 Å². The topological polar surface area (TPSA) is 21.7 Å². The fourth-order valence-corrected chi connectivity index (χ4v) is 2.50. The van der Waals surface area contributed by atoms with E-state index in [0.717, 1.165) is 19.5 Å². The molecule has 2 heterocycles. The highest BCUT2D eigenvalue weighted by Gasteiger charge is 2.52. The third kappa shape index (κ3) is 2.91. The Morgan fingerprint density at radius 1 is 1.11 bits per heavy atom. The van der Waals surface area contributed by atoms with Crippen molar-refractivity contribution in [1.82, 2.24) is 4.90 Å². The number of hydrogen-bond donors (Lipinski definition) is 0. The molecular weight excluding hydrogens is 237 g/mol. The van der Waals surface area contributed by atoms with Crippen LogP contribution in [0.15, 0.2) is 11.5 Å². The van der Waals surface area contributed by atoms with E-state index in [0.29, 0.717) is 0 Å². The molecule has 19 heavy (non-hydrogen) atoms. The summed E-state index contributed by atoms with van der Waals surface area (Å²) in [6, 6.07) is 0. The first-order valence-electron chi connectivity index (χ1n) is 7.32. The van der Waals surface area contributed by atoms with Gasteiger partial charge in [0, 0.05) is 18.6 Å². The zero-order valence-corrected chi connectivity index (χ0v) is 13.5. The summed E-state index contributed by atoms with van der Waals surface area (Å²) in [4.78, 5) is 2.49. The van der Waals surface area contributed by atoms with Gasteiger partial charge in [0.2, 0.25) is 0 Å². The summed E-state index contributed by atoms with van der Waals surface area (Å²) >= 11 is 0. The third-order valence-corrected chi connectivity index (χ3v) is 4.75. The zero-order chi connectivity index (χ0) is 14.5. The fraction of sp³-hybridized carbons (Fsp3) is 0.867. The van der Waals surface area contributed by atoms with Gasteiger partial charge < -0.3 is 9.31 Å². The van der Waals surface area contributed by atoms with E-state index in [1.165, 1.54) is 5.47 Å². The Morgan fingerprint density at radius 2 is 1.63 bits per heavy atom. The second-order valence-electron chi connectivity index (χ2n) is 7.73. The van der Waals surface area contributed by atoms with Crippen LogP contribution in [0, 0.1) is 0 Å². The molecule has 2 aliphatic rings. The van der Waals surface area contributed by atoms with E-state index in [1.54, 1.807) is 0 Å². The van der Waals surface area contributed by atoms with Crippen molar-refractivity contribution in [3.05, 3.63) is 11.5 Å². The Morgan fingerprint density at radius 3 is 2.00 bits per heavy atom. The first-order valence-corrected chi connectivity index (χ1v) is 7.32. The van der Waals surface area contributed by atoms with Gasteiger partial charge in [-0.3, -0.25) is 4.90 Å². The van der Waals surface area contributed by atoms with E-state index in [-0.39, 0.29) is 23.9 Å².